The van der Waals surface area contributed by atoms with Gasteiger partial charge in [-0.25, -0.2) is 8.78 Å². The highest BCUT2D eigenvalue weighted by Gasteiger charge is 2.22. The van der Waals surface area contributed by atoms with E-state index in [1.807, 2.05) is 11.8 Å². The molecule has 1 saturated heterocycles. The van der Waals surface area contributed by atoms with Crippen LogP contribution in [-0.4, -0.2) is 43.0 Å². The van der Waals surface area contributed by atoms with Crippen LogP contribution in [0.1, 0.15) is 30.1 Å². The number of nitrogens with zero attached hydrogens (tertiary/aromatic N) is 1. The van der Waals surface area contributed by atoms with Gasteiger partial charge in [0.05, 0.1) is 12.6 Å². The fourth-order valence-electron chi connectivity index (χ4n) is 2.49. The number of likely N-dealkylation sites (tertiary alicyclic amines) is 1. The Hall–Kier alpha value is -1.33. The van der Waals surface area contributed by atoms with Crippen LogP contribution >= 0.6 is 0 Å². The van der Waals surface area contributed by atoms with Crippen LogP contribution in [0.2, 0.25) is 0 Å². The molecule has 1 unspecified atom stereocenters. The highest BCUT2D eigenvalue weighted by atomic mass is 19.2. The maximum absolute atomic E-state index is 13.1. The van der Waals surface area contributed by atoms with Crippen LogP contribution in [0.3, 0.4) is 0 Å². The second-order valence-electron chi connectivity index (χ2n) is 5.01. The topological polar surface area (TPSA) is 29.5 Å². The van der Waals surface area contributed by atoms with Crippen LogP contribution < -0.4 is 0 Å². The van der Waals surface area contributed by atoms with Gasteiger partial charge in [0, 0.05) is 18.7 Å². The van der Waals surface area contributed by atoms with Crippen LogP contribution in [0.4, 0.5) is 8.78 Å². The summed E-state index contributed by atoms with van der Waals surface area (Å²) in [4.78, 5) is 14.1. The Kier molecular flexibility index (Phi) is 5.20. The largest absolute Gasteiger partial charge is 0.377 e. The zero-order chi connectivity index (χ0) is 14.5. The molecule has 3 nitrogen and oxygen atoms in total. The quantitative estimate of drug-likeness (QED) is 0.778. The molecule has 0 saturated carbocycles. The third kappa shape index (κ3) is 3.84. The lowest BCUT2D eigenvalue weighted by atomic mass is 10.1. The standard InChI is InChI=1S/C15H19F2NO2/c1-2-20-12-4-3-7-18(9-12)10-15(19)11-5-6-13(16)14(17)8-11/h5-6,8,12H,2-4,7,9-10H2,1H3. The van der Waals surface area contributed by atoms with Crippen LogP contribution in [0, 0.1) is 11.6 Å². The highest BCUT2D eigenvalue weighted by Crippen LogP contribution is 2.15. The summed E-state index contributed by atoms with van der Waals surface area (Å²) >= 11 is 0. The van der Waals surface area contributed by atoms with Crippen molar-refractivity contribution in [2.75, 3.05) is 26.2 Å². The summed E-state index contributed by atoms with van der Waals surface area (Å²) in [6.45, 7) is 4.37. The number of carbonyl (C=O) groups is 1. The number of Topliss-reactive ketones (excluding diaryl/α,β-unsaturated/α-hetero) is 1. The van der Waals surface area contributed by atoms with E-state index in [0.29, 0.717) is 13.2 Å². The van der Waals surface area contributed by atoms with Gasteiger partial charge in [-0.2, -0.15) is 0 Å². The Morgan fingerprint density at radius 3 is 2.90 bits per heavy atom. The Balaban J connectivity index is 1.95. The van der Waals surface area contributed by atoms with Gasteiger partial charge in [0.2, 0.25) is 0 Å². The molecule has 0 amide bonds. The number of ether oxygens (including phenoxy) is 1. The maximum atomic E-state index is 13.1. The normalized spacial score (nSPS) is 20.1. The average Bonchev–Trinajstić information content (AvgIpc) is 2.42. The summed E-state index contributed by atoms with van der Waals surface area (Å²) < 4.78 is 31.5. The van der Waals surface area contributed by atoms with E-state index in [0.717, 1.165) is 31.5 Å². The van der Waals surface area contributed by atoms with Crippen molar-refractivity contribution in [2.24, 2.45) is 0 Å². The molecule has 1 aliphatic heterocycles. The van der Waals surface area contributed by atoms with Gasteiger partial charge in [-0.15, -0.1) is 0 Å². The van der Waals surface area contributed by atoms with Gasteiger partial charge < -0.3 is 4.74 Å². The third-order valence-corrected chi connectivity index (χ3v) is 3.47. The Morgan fingerprint density at radius 2 is 2.20 bits per heavy atom. The van der Waals surface area contributed by atoms with Gasteiger partial charge >= 0.3 is 0 Å². The van der Waals surface area contributed by atoms with E-state index in [-0.39, 0.29) is 24.0 Å². The van der Waals surface area contributed by atoms with Gasteiger partial charge in [0.15, 0.2) is 17.4 Å². The second kappa shape index (κ2) is 6.90. The molecule has 0 aromatic heterocycles. The first-order chi connectivity index (χ1) is 9.60. The lowest BCUT2D eigenvalue weighted by molar-refractivity contribution is 0.00718. The third-order valence-electron chi connectivity index (χ3n) is 3.47. The molecular formula is C15H19F2NO2. The minimum atomic E-state index is -0.985. The van der Waals surface area contributed by atoms with Gasteiger partial charge in [-0.3, -0.25) is 9.69 Å². The second-order valence-corrected chi connectivity index (χ2v) is 5.01. The number of ketones is 1. The monoisotopic (exact) mass is 283 g/mol. The molecule has 1 aromatic carbocycles. The van der Waals surface area contributed by atoms with Crippen LogP contribution in [-0.2, 0) is 4.74 Å². The van der Waals surface area contributed by atoms with E-state index in [1.54, 1.807) is 0 Å². The molecule has 0 N–H and O–H groups in total. The van der Waals surface area contributed by atoms with Crippen LogP contribution in [0.15, 0.2) is 18.2 Å². The number of benzene rings is 1. The molecule has 0 radical (unpaired) electrons. The summed E-state index contributed by atoms with van der Waals surface area (Å²) in [5.74, 6) is -2.11. The summed E-state index contributed by atoms with van der Waals surface area (Å²) in [7, 11) is 0. The fraction of sp³-hybridized carbons (Fsp3) is 0.533. The first-order valence-electron chi connectivity index (χ1n) is 6.92. The fourth-order valence-corrected chi connectivity index (χ4v) is 2.49. The number of hydrogen-bond acceptors (Lipinski definition) is 3. The zero-order valence-corrected chi connectivity index (χ0v) is 11.6. The predicted octanol–water partition coefficient (Wildman–Crippen LogP) is 2.65. The van der Waals surface area contributed by atoms with E-state index in [9.17, 15) is 13.6 Å². The van der Waals surface area contributed by atoms with Crippen molar-refractivity contribution in [3.8, 4) is 0 Å². The van der Waals surface area contributed by atoms with Crippen molar-refractivity contribution in [3.63, 3.8) is 0 Å². The molecule has 0 aliphatic carbocycles. The summed E-state index contributed by atoms with van der Waals surface area (Å²) in [6, 6.07) is 3.27. The van der Waals surface area contributed by atoms with Gasteiger partial charge in [-0.05, 0) is 44.5 Å². The van der Waals surface area contributed by atoms with E-state index >= 15 is 0 Å². The number of halogens is 2. The lowest BCUT2D eigenvalue weighted by Gasteiger charge is -2.31. The van der Waals surface area contributed by atoms with E-state index in [4.69, 9.17) is 4.74 Å². The van der Waals surface area contributed by atoms with E-state index < -0.39 is 11.6 Å². The molecule has 0 bridgehead atoms. The minimum Gasteiger partial charge on any atom is -0.377 e. The Bertz CT molecular complexity index is 477. The molecule has 1 heterocycles. The van der Waals surface area contributed by atoms with Crippen molar-refractivity contribution in [1.82, 2.24) is 4.90 Å². The summed E-state index contributed by atoms with van der Waals surface area (Å²) in [5, 5.41) is 0. The minimum absolute atomic E-state index is 0.159. The molecule has 20 heavy (non-hydrogen) atoms. The predicted molar refractivity (Wildman–Crippen MR) is 71.8 cm³/mol. The van der Waals surface area contributed by atoms with Crippen LogP contribution in [0.5, 0.6) is 0 Å². The molecule has 1 fully saturated rings. The number of carbonyl (C=O) groups excluding carboxylic acids is 1. The van der Waals surface area contributed by atoms with Crippen molar-refractivity contribution in [3.05, 3.63) is 35.4 Å². The molecule has 5 heteroatoms. The number of piperidine rings is 1. The molecule has 1 atom stereocenters. The van der Waals surface area contributed by atoms with Gasteiger partial charge in [0.25, 0.3) is 0 Å². The smallest absolute Gasteiger partial charge is 0.176 e. The first kappa shape index (κ1) is 15.1. The van der Waals surface area contributed by atoms with Gasteiger partial charge in [-0.1, -0.05) is 0 Å². The SMILES string of the molecule is CCOC1CCCN(CC(=O)c2ccc(F)c(F)c2)C1. The zero-order valence-electron chi connectivity index (χ0n) is 11.6. The van der Waals surface area contributed by atoms with Crippen molar-refractivity contribution in [2.45, 2.75) is 25.9 Å². The summed E-state index contributed by atoms with van der Waals surface area (Å²) in [5.41, 5.74) is 0.211. The molecule has 1 aliphatic rings. The van der Waals surface area contributed by atoms with Crippen molar-refractivity contribution >= 4 is 5.78 Å². The number of rotatable bonds is 5. The molecular weight excluding hydrogens is 264 g/mol. The van der Waals surface area contributed by atoms with Crippen molar-refractivity contribution in [1.29, 1.82) is 0 Å². The number of hydrogen-bond donors (Lipinski definition) is 0. The molecule has 0 spiro atoms. The van der Waals surface area contributed by atoms with Crippen molar-refractivity contribution < 1.29 is 18.3 Å². The lowest BCUT2D eigenvalue weighted by Crippen LogP contribution is -2.42. The first-order valence-corrected chi connectivity index (χ1v) is 6.92. The molecule has 2 rings (SSSR count). The average molecular weight is 283 g/mol. The Labute approximate surface area is 117 Å². The van der Waals surface area contributed by atoms with Gasteiger partial charge in [0.1, 0.15) is 0 Å². The van der Waals surface area contributed by atoms with E-state index in [2.05, 4.69) is 0 Å². The van der Waals surface area contributed by atoms with E-state index in [1.165, 1.54) is 6.07 Å². The summed E-state index contributed by atoms with van der Waals surface area (Å²) in [6.07, 6.45) is 2.14. The molecule has 1 aromatic rings. The molecule has 110 valence electrons. The van der Waals surface area contributed by atoms with Crippen LogP contribution in [0.25, 0.3) is 0 Å². The Morgan fingerprint density at radius 1 is 1.40 bits per heavy atom. The highest BCUT2D eigenvalue weighted by molar-refractivity contribution is 5.97. The maximum Gasteiger partial charge on any atom is 0.176 e.